The predicted octanol–water partition coefficient (Wildman–Crippen LogP) is 6.00. The van der Waals surface area contributed by atoms with Crippen LogP contribution in [0.25, 0.3) is 22.5 Å². The number of aryl methyl sites for hydroxylation is 1. The molecule has 5 aromatic rings. The van der Waals surface area contributed by atoms with Crippen LogP contribution in [0.5, 0.6) is 5.75 Å². The van der Waals surface area contributed by atoms with Gasteiger partial charge in [-0.25, -0.2) is 0 Å². The summed E-state index contributed by atoms with van der Waals surface area (Å²) in [7, 11) is 6.29. The molecule has 274 valence electrons. The number of benzene rings is 4. The summed E-state index contributed by atoms with van der Waals surface area (Å²) in [5.41, 5.74) is 0.235. The molecular weight excluding hydrogens is 691 g/mol. The molecule has 0 spiro atoms. The third-order valence-electron chi connectivity index (χ3n) is 8.07. The van der Waals surface area contributed by atoms with Gasteiger partial charge in [-0.3, -0.25) is 19.2 Å². The van der Waals surface area contributed by atoms with Crippen LogP contribution in [0.15, 0.2) is 91.0 Å². The number of tetrazole rings is 1. The Hall–Kier alpha value is -6.38. The summed E-state index contributed by atoms with van der Waals surface area (Å²) < 4.78 is 47.9. The SMILES string of the molecule is CN(C)C(=O)Cn1nnc(-c2ccc(OC(=O)CCCc3ccc(NC(=O)c4c(-c5ccccc5)cccc4C(F)(F)F)c(C(=O)N(C)C)c3)cc2)n1. The van der Waals surface area contributed by atoms with Crippen molar-refractivity contribution >= 4 is 29.4 Å². The first-order valence-corrected chi connectivity index (χ1v) is 16.4. The van der Waals surface area contributed by atoms with Crippen LogP contribution in [0.2, 0.25) is 0 Å². The topological polar surface area (TPSA) is 140 Å². The van der Waals surface area contributed by atoms with Gasteiger partial charge in [0.15, 0.2) is 0 Å². The molecule has 0 atom stereocenters. The van der Waals surface area contributed by atoms with Crippen LogP contribution < -0.4 is 10.1 Å². The second-order valence-corrected chi connectivity index (χ2v) is 12.4. The average Bonchev–Trinajstić information content (AvgIpc) is 3.60. The fourth-order valence-corrected chi connectivity index (χ4v) is 5.33. The van der Waals surface area contributed by atoms with E-state index in [-0.39, 0.29) is 35.7 Å². The number of aromatic nitrogens is 4. The molecule has 0 bridgehead atoms. The van der Waals surface area contributed by atoms with Crippen LogP contribution in [0.4, 0.5) is 18.9 Å². The Morgan fingerprint density at radius 3 is 2.21 bits per heavy atom. The van der Waals surface area contributed by atoms with Gasteiger partial charge in [-0.05, 0) is 77.2 Å². The number of halogens is 3. The van der Waals surface area contributed by atoms with Gasteiger partial charge < -0.3 is 19.9 Å². The Bertz CT molecular complexity index is 2120. The van der Waals surface area contributed by atoms with Crippen molar-refractivity contribution in [1.82, 2.24) is 30.0 Å². The van der Waals surface area contributed by atoms with Crippen molar-refractivity contribution in [2.75, 3.05) is 33.5 Å². The van der Waals surface area contributed by atoms with Crippen LogP contribution in [0, 0.1) is 0 Å². The zero-order valence-corrected chi connectivity index (χ0v) is 29.3. The summed E-state index contributed by atoms with van der Waals surface area (Å²) in [5.74, 6) is -1.57. The summed E-state index contributed by atoms with van der Waals surface area (Å²) in [4.78, 5) is 55.3. The molecule has 1 N–H and O–H groups in total. The lowest BCUT2D eigenvalue weighted by Crippen LogP contribution is -2.27. The predicted molar refractivity (Wildman–Crippen MR) is 190 cm³/mol. The number of rotatable bonds is 12. The van der Waals surface area contributed by atoms with E-state index in [0.29, 0.717) is 41.1 Å². The number of anilines is 1. The molecule has 0 saturated heterocycles. The number of nitrogens with zero attached hydrogens (tertiary/aromatic N) is 6. The van der Waals surface area contributed by atoms with E-state index in [0.717, 1.165) is 6.07 Å². The Balaban J connectivity index is 1.25. The monoisotopic (exact) mass is 727 g/mol. The lowest BCUT2D eigenvalue weighted by molar-refractivity contribution is -0.138. The van der Waals surface area contributed by atoms with E-state index in [1.807, 2.05) is 0 Å². The fourth-order valence-electron chi connectivity index (χ4n) is 5.33. The molecule has 1 aromatic heterocycles. The van der Waals surface area contributed by atoms with Crippen LogP contribution >= 0.6 is 0 Å². The number of esters is 1. The minimum atomic E-state index is -4.82. The highest BCUT2D eigenvalue weighted by molar-refractivity contribution is 6.12. The van der Waals surface area contributed by atoms with Gasteiger partial charge in [0, 0.05) is 40.2 Å². The van der Waals surface area contributed by atoms with Gasteiger partial charge in [0.05, 0.1) is 22.4 Å². The standard InChI is InChI=1S/C38H36F3N7O5/c1-46(2)32(49)23-48-44-35(43-45-48)26-17-19-27(20-18-26)53-33(50)15-8-10-24-16-21-31(29(22-24)37(52)47(3)4)42-36(51)34-28(25-11-6-5-7-12-25)13-9-14-30(34)38(39,40)41/h5-7,9,11-14,16-22H,8,10,15,23H2,1-4H3,(H,42,51). The first-order valence-electron chi connectivity index (χ1n) is 16.4. The van der Waals surface area contributed by atoms with Crippen molar-refractivity contribution in [2.45, 2.75) is 32.0 Å². The van der Waals surface area contributed by atoms with Gasteiger partial charge in [0.2, 0.25) is 11.7 Å². The van der Waals surface area contributed by atoms with Gasteiger partial charge in [-0.15, -0.1) is 10.2 Å². The fraction of sp³-hybridized carbons (Fsp3) is 0.237. The quantitative estimate of drug-likeness (QED) is 0.122. The van der Waals surface area contributed by atoms with E-state index in [1.165, 1.54) is 46.9 Å². The second kappa shape index (κ2) is 16.3. The molecule has 0 saturated carbocycles. The molecule has 0 aliphatic carbocycles. The molecule has 0 radical (unpaired) electrons. The maximum atomic E-state index is 14.1. The number of carbonyl (C=O) groups is 4. The van der Waals surface area contributed by atoms with Gasteiger partial charge >= 0.3 is 12.1 Å². The van der Waals surface area contributed by atoms with Crippen molar-refractivity contribution in [3.63, 3.8) is 0 Å². The van der Waals surface area contributed by atoms with Crippen LogP contribution in [-0.2, 0) is 28.7 Å². The van der Waals surface area contributed by atoms with Gasteiger partial charge in [-0.1, -0.05) is 48.5 Å². The Kier molecular flexibility index (Phi) is 11.7. The van der Waals surface area contributed by atoms with Gasteiger partial charge in [0.25, 0.3) is 11.8 Å². The minimum Gasteiger partial charge on any atom is -0.427 e. The number of alkyl halides is 3. The van der Waals surface area contributed by atoms with Gasteiger partial charge in [-0.2, -0.15) is 18.0 Å². The van der Waals surface area contributed by atoms with E-state index in [4.69, 9.17) is 4.74 Å². The Labute approximate surface area is 303 Å². The molecule has 5 rings (SSSR count). The summed E-state index contributed by atoms with van der Waals surface area (Å²) in [5, 5.41) is 14.6. The summed E-state index contributed by atoms with van der Waals surface area (Å²) in [6, 6.07) is 22.9. The van der Waals surface area contributed by atoms with Crippen molar-refractivity contribution in [1.29, 1.82) is 0 Å². The van der Waals surface area contributed by atoms with E-state index >= 15 is 0 Å². The molecule has 4 aromatic carbocycles. The number of likely N-dealkylation sites (N-methyl/N-ethyl adjacent to an activating group) is 1. The second-order valence-electron chi connectivity index (χ2n) is 12.4. The maximum Gasteiger partial charge on any atom is 0.417 e. The Morgan fingerprint density at radius 1 is 0.830 bits per heavy atom. The maximum absolute atomic E-state index is 14.1. The van der Waals surface area contributed by atoms with Crippen LogP contribution in [-0.4, -0.2) is 81.9 Å². The molecule has 15 heteroatoms. The van der Waals surface area contributed by atoms with E-state index < -0.39 is 35.1 Å². The zero-order valence-electron chi connectivity index (χ0n) is 29.3. The molecule has 0 fully saturated rings. The highest BCUT2D eigenvalue weighted by Crippen LogP contribution is 2.37. The lowest BCUT2D eigenvalue weighted by Gasteiger charge is -2.19. The number of hydrogen-bond acceptors (Lipinski definition) is 8. The van der Waals surface area contributed by atoms with E-state index in [2.05, 4.69) is 20.7 Å². The van der Waals surface area contributed by atoms with Gasteiger partial charge in [0.1, 0.15) is 12.3 Å². The normalized spacial score (nSPS) is 11.2. The van der Waals surface area contributed by atoms with Crippen LogP contribution in [0.1, 0.15) is 44.7 Å². The summed E-state index contributed by atoms with van der Waals surface area (Å²) >= 11 is 0. The Morgan fingerprint density at radius 2 is 1.55 bits per heavy atom. The molecule has 1 heterocycles. The third kappa shape index (κ3) is 9.49. The first-order chi connectivity index (χ1) is 25.2. The van der Waals surface area contributed by atoms with E-state index in [1.54, 1.807) is 80.8 Å². The van der Waals surface area contributed by atoms with Crippen molar-refractivity contribution < 1.29 is 37.1 Å². The van der Waals surface area contributed by atoms with Crippen LogP contribution in [0.3, 0.4) is 0 Å². The lowest BCUT2D eigenvalue weighted by atomic mass is 9.94. The third-order valence-corrected chi connectivity index (χ3v) is 8.07. The number of carbonyl (C=O) groups excluding carboxylic acids is 4. The molecule has 0 aliphatic rings. The van der Waals surface area contributed by atoms with Crippen molar-refractivity contribution in [3.05, 3.63) is 113 Å². The number of amides is 3. The number of ether oxygens (including phenoxy) is 1. The van der Waals surface area contributed by atoms with E-state index in [9.17, 15) is 32.3 Å². The molecule has 3 amide bonds. The molecule has 53 heavy (non-hydrogen) atoms. The number of hydrogen-bond donors (Lipinski definition) is 1. The highest BCUT2D eigenvalue weighted by Gasteiger charge is 2.37. The summed E-state index contributed by atoms with van der Waals surface area (Å²) in [6.07, 6.45) is -4.05. The molecule has 0 aliphatic heterocycles. The highest BCUT2D eigenvalue weighted by atomic mass is 19.4. The molecule has 12 nitrogen and oxygen atoms in total. The summed E-state index contributed by atoms with van der Waals surface area (Å²) in [6.45, 7) is -0.0555. The molecular formula is C38H36F3N7O5. The largest absolute Gasteiger partial charge is 0.427 e. The van der Waals surface area contributed by atoms with Crippen molar-refractivity contribution in [3.8, 4) is 28.3 Å². The zero-order chi connectivity index (χ0) is 38.3. The smallest absolute Gasteiger partial charge is 0.417 e. The average molecular weight is 728 g/mol. The number of nitrogens with one attached hydrogen (secondary N) is 1. The first kappa shape index (κ1) is 37.9. The van der Waals surface area contributed by atoms with Crippen molar-refractivity contribution in [2.24, 2.45) is 0 Å². The molecule has 0 unspecified atom stereocenters. The minimum absolute atomic E-state index is 0.0381.